The minimum absolute atomic E-state index is 0.0748. The molecule has 26 heavy (non-hydrogen) atoms. The highest BCUT2D eigenvalue weighted by atomic mass is 19.4. The molecular formula is C18H17F6NO. The van der Waals surface area contributed by atoms with Gasteiger partial charge in [0, 0.05) is 0 Å². The second-order valence-corrected chi connectivity index (χ2v) is 6.19. The first-order valence-electron chi connectivity index (χ1n) is 7.60. The predicted octanol–water partition coefficient (Wildman–Crippen LogP) is 5.11. The minimum Gasteiger partial charge on any atom is -0.375 e. The molecule has 0 radical (unpaired) electrons. The Labute approximate surface area is 146 Å². The molecule has 2 nitrogen and oxygen atoms in total. The van der Waals surface area contributed by atoms with Crippen molar-refractivity contribution in [1.82, 2.24) is 0 Å². The number of hydrogen-bond donors (Lipinski definition) is 1. The number of hydrogen-bond acceptors (Lipinski definition) is 2. The summed E-state index contributed by atoms with van der Waals surface area (Å²) in [5.41, 5.74) is 2.95. The molecule has 2 aromatic rings. The van der Waals surface area contributed by atoms with Crippen molar-refractivity contribution in [2.45, 2.75) is 31.4 Å². The van der Waals surface area contributed by atoms with Gasteiger partial charge in [0.15, 0.2) is 0 Å². The van der Waals surface area contributed by atoms with Gasteiger partial charge in [-0.3, -0.25) is 0 Å². The van der Waals surface area contributed by atoms with Crippen LogP contribution >= 0.6 is 0 Å². The number of alkyl halides is 6. The molecule has 0 saturated heterocycles. The van der Waals surface area contributed by atoms with E-state index in [0.29, 0.717) is 12.1 Å². The minimum atomic E-state index is -4.89. The second kappa shape index (κ2) is 7.28. The molecule has 2 N–H and O–H groups in total. The van der Waals surface area contributed by atoms with Crippen molar-refractivity contribution in [3.8, 4) is 0 Å². The summed E-state index contributed by atoms with van der Waals surface area (Å²) in [6.07, 6.45) is -9.77. The molecule has 0 amide bonds. The SMILES string of the molecule is CC(N)(COCc1cc(C(F)(F)F)cc(C(F)(F)F)c1)c1ccccc1. The predicted molar refractivity (Wildman–Crippen MR) is 84.1 cm³/mol. The third-order valence-electron chi connectivity index (χ3n) is 3.75. The van der Waals surface area contributed by atoms with E-state index in [1.807, 2.05) is 0 Å². The highest BCUT2D eigenvalue weighted by molar-refractivity contribution is 5.33. The van der Waals surface area contributed by atoms with E-state index in [1.165, 1.54) is 0 Å². The molecule has 142 valence electrons. The Morgan fingerprint density at radius 2 is 1.31 bits per heavy atom. The molecule has 0 aliphatic heterocycles. The van der Waals surface area contributed by atoms with Crippen LogP contribution in [-0.4, -0.2) is 6.61 Å². The fourth-order valence-electron chi connectivity index (χ4n) is 2.39. The normalized spacial score (nSPS) is 14.9. The largest absolute Gasteiger partial charge is 0.416 e. The van der Waals surface area contributed by atoms with Crippen molar-refractivity contribution in [1.29, 1.82) is 0 Å². The summed E-state index contributed by atoms with van der Waals surface area (Å²) in [6, 6.07) is 10.2. The Bertz CT molecular complexity index is 705. The van der Waals surface area contributed by atoms with Crippen LogP contribution < -0.4 is 5.73 Å². The fraction of sp³-hybridized carbons (Fsp3) is 0.333. The van der Waals surface area contributed by atoms with Crippen LogP contribution in [0.15, 0.2) is 48.5 Å². The van der Waals surface area contributed by atoms with Crippen molar-refractivity contribution in [3.63, 3.8) is 0 Å². The van der Waals surface area contributed by atoms with Crippen LogP contribution in [0.1, 0.15) is 29.2 Å². The fourth-order valence-corrected chi connectivity index (χ4v) is 2.39. The van der Waals surface area contributed by atoms with Gasteiger partial charge in [0.25, 0.3) is 0 Å². The van der Waals surface area contributed by atoms with Crippen LogP contribution in [0.5, 0.6) is 0 Å². The lowest BCUT2D eigenvalue weighted by molar-refractivity contribution is -0.143. The zero-order valence-corrected chi connectivity index (χ0v) is 13.8. The number of nitrogens with two attached hydrogens (primary N) is 1. The maximum atomic E-state index is 12.8. The molecule has 0 heterocycles. The van der Waals surface area contributed by atoms with Crippen LogP contribution in [0.25, 0.3) is 0 Å². The molecule has 2 rings (SSSR count). The Morgan fingerprint density at radius 1 is 0.808 bits per heavy atom. The van der Waals surface area contributed by atoms with E-state index in [9.17, 15) is 26.3 Å². The van der Waals surface area contributed by atoms with Crippen LogP contribution in [0.3, 0.4) is 0 Å². The van der Waals surface area contributed by atoms with Crippen LogP contribution in [-0.2, 0) is 29.2 Å². The topological polar surface area (TPSA) is 35.2 Å². The van der Waals surface area contributed by atoms with E-state index in [1.54, 1.807) is 37.3 Å². The maximum Gasteiger partial charge on any atom is 0.416 e. The lowest BCUT2D eigenvalue weighted by Gasteiger charge is -2.25. The summed E-state index contributed by atoms with van der Waals surface area (Å²) < 4.78 is 82.4. The summed E-state index contributed by atoms with van der Waals surface area (Å²) in [5.74, 6) is 0. The lowest BCUT2D eigenvalue weighted by Crippen LogP contribution is -2.38. The Kier molecular flexibility index (Phi) is 5.67. The van der Waals surface area contributed by atoms with E-state index >= 15 is 0 Å². The quantitative estimate of drug-likeness (QED) is 0.735. The molecule has 0 fully saturated rings. The average Bonchev–Trinajstić information content (AvgIpc) is 2.53. The Hall–Kier alpha value is -2.06. The summed E-state index contributed by atoms with van der Waals surface area (Å²) in [5, 5.41) is 0. The highest BCUT2D eigenvalue weighted by Gasteiger charge is 2.36. The van der Waals surface area contributed by atoms with Gasteiger partial charge in [-0.25, -0.2) is 0 Å². The van der Waals surface area contributed by atoms with E-state index in [2.05, 4.69) is 0 Å². The van der Waals surface area contributed by atoms with Gasteiger partial charge < -0.3 is 10.5 Å². The van der Waals surface area contributed by atoms with Crippen molar-refractivity contribution in [2.75, 3.05) is 6.61 Å². The molecule has 0 aliphatic carbocycles. The van der Waals surface area contributed by atoms with Crippen molar-refractivity contribution < 1.29 is 31.1 Å². The van der Waals surface area contributed by atoms with Gasteiger partial charge in [-0.2, -0.15) is 26.3 Å². The molecule has 0 saturated carbocycles. The summed E-state index contributed by atoms with van der Waals surface area (Å²) in [4.78, 5) is 0. The number of ether oxygens (including phenoxy) is 1. The molecule has 1 atom stereocenters. The molecule has 0 spiro atoms. The first-order valence-corrected chi connectivity index (χ1v) is 7.60. The summed E-state index contributed by atoms with van der Waals surface area (Å²) in [6.45, 7) is 1.16. The first-order chi connectivity index (χ1) is 11.9. The lowest BCUT2D eigenvalue weighted by atomic mass is 9.94. The van der Waals surface area contributed by atoms with E-state index < -0.39 is 35.6 Å². The second-order valence-electron chi connectivity index (χ2n) is 6.19. The van der Waals surface area contributed by atoms with Crippen molar-refractivity contribution in [3.05, 3.63) is 70.8 Å². The van der Waals surface area contributed by atoms with Crippen molar-refractivity contribution in [2.24, 2.45) is 5.73 Å². The smallest absolute Gasteiger partial charge is 0.375 e. The van der Waals surface area contributed by atoms with Gasteiger partial charge in [-0.05, 0) is 36.2 Å². The number of benzene rings is 2. The third kappa shape index (κ3) is 5.22. The summed E-state index contributed by atoms with van der Waals surface area (Å²) in [7, 11) is 0. The molecule has 8 heteroatoms. The zero-order chi connectivity index (χ0) is 19.6. The molecule has 0 aromatic heterocycles. The average molecular weight is 377 g/mol. The zero-order valence-electron chi connectivity index (χ0n) is 13.8. The van der Waals surface area contributed by atoms with Crippen LogP contribution in [0.4, 0.5) is 26.3 Å². The number of halogens is 6. The first kappa shape index (κ1) is 20.3. The van der Waals surface area contributed by atoms with E-state index in [-0.39, 0.29) is 18.2 Å². The van der Waals surface area contributed by atoms with Crippen molar-refractivity contribution >= 4 is 0 Å². The molecule has 0 aliphatic rings. The molecular weight excluding hydrogens is 360 g/mol. The molecule has 1 unspecified atom stereocenters. The van der Waals surface area contributed by atoms with Crippen LogP contribution in [0, 0.1) is 0 Å². The third-order valence-corrected chi connectivity index (χ3v) is 3.75. The summed E-state index contributed by atoms with van der Waals surface area (Å²) >= 11 is 0. The highest BCUT2D eigenvalue weighted by Crippen LogP contribution is 2.36. The monoisotopic (exact) mass is 377 g/mol. The maximum absolute atomic E-state index is 12.8. The van der Waals surface area contributed by atoms with Gasteiger partial charge in [0.05, 0.1) is 29.9 Å². The van der Waals surface area contributed by atoms with Gasteiger partial charge in [-0.15, -0.1) is 0 Å². The number of rotatable bonds is 5. The van der Waals surface area contributed by atoms with Gasteiger partial charge in [0.1, 0.15) is 0 Å². The van der Waals surface area contributed by atoms with E-state index in [0.717, 1.165) is 5.56 Å². The van der Waals surface area contributed by atoms with Gasteiger partial charge >= 0.3 is 12.4 Å². The van der Waals surface area contributed by atoms with E-state index in [4.69, 9.17) is 10.5 Å². The molecule has 0 bridgehead atoms. The standard InChI is InChI=1S/C18H17F6NO/c1-16(25,13-5-3-2-4-6-13)11-26-10-12-7-14(17(19,20)21)9-15(8-12)18(22,23)24/h2-9H,10-11,25H2,1H3. The Balaban J connectivity index is 2.16. The van der Waals surface area contributed by atoms with Crippen LogP contribution in [0.2, 0.25) is 0 Å². The van der Waals surface area contributed by atoms with Gasteiger partial charge in [-0.1, -0.05) is 30.3 Å². The Morgan fingerprint density at radius 3 is 1.77 bits per heavy atom. The van der Waals surface area contributed by atoms with Gasteiger partial charge in [0.2, 0.25) is 0 Å². The molecule has 2 aromatic carbocycles.